The van der Waals surface area contributed by atoms with Crippen molar-refractivity contribution in [2.45, 2.75) is 12.7 Å². The molecule has 1 atom stereocenters. The maximum absolute atomic E-state index is 12.7. The molecule has 1 unspecified atom stereocenters. The van der Waals surface area contributed by atoms with E-state index in [9.17, 15) is 8.78 Å². The highest BCUT2D eigenvalue weighted by molar-refractivity contribution is 6.30. The molecule has 120 valence electrons. The Labute approximate surface area is 135 Å². The lowest BCUT2D eigenvalue weighted by Gasteiger charge is -2.18. The maximum atomic E-state index is 12.7. The minimum atomic E-state index is -2.69. The normalized spacial score (nSPS) is 17.3. The van der Waals surface area contributed by atoms with Crippen molar-refractivity contribution in [3.8, 4) is 5.69 Å². The molecule has 0 saturated heterocycles. The number of rotatable bonds is 4. The van der Waals surface area contributed by atoms with Crippen LogP contribution in [-0.4, -0.2) is 34.7 Å². The van der Waals surface area contributed by atoms with Crippen molar-refractivity contribution >= 4 is 23.6 Å². The molecule has 1 aromatic carbocycles. The number of nitrogens with zero attached hydrogens (tertiary/aromatic N) is 4. The Kier molecular flexibility index (Phi) is 4.35. The number of aliphatic imine (C=N–C) groups is 1. The number of ether oxygens (including phenoxy) is 1. The van der Waals surface area contributed by atoms with E-state index in [-0.39, 0.29) is 6.23 Å². The van der Waals surface area contributed by atoms with Crippen molar-refractivity contribution in [1.82, 2.24) is 20.3 Å². The first kappa shape index (κ1) is 15.6. The summed E-state index contributed by atoms with van der Waals surface area (Å²) in [6.45, 7) is 0. The molecular weight excluding hydrogens is 328 g/mol. The lowest BCUT2D eigenvalue weighted by Crippen LogP contribution is -2.30. The first-order valence-corrected chi connectivity index (χ1v) is 7.00. The standard InChI is InChI=1S/C14H12ClF2N5O/c1-23-13-5-10(18-7-19-13)9-4-8(15)2-3-12(9)22-6-11(14(16)17)20-21-22/h2-7,13-14H,1H3,(H,18,19). The summed E-state index contributed by atoms with van der Waals surface area (Å²) >= 11 is 6.06. The second kappa shape index (κ2) is 6.43. The van der Waals surface area contributed by atoms with Gasteiger partial charge < -0.3 is 10.1 Å². The Bertz CT molecular complexity index is 774. The van der Waals surface area contributed by atoms with Crippen molar-refractivity contribution < 1.29 is 13.5 Å². The van der Waals surface area contributed by atoms with Crippen LogP contribution in [-0.2, 0) is 4.74 Å². The third kappa shape index (κ3) is 3.22. The van der Waals surface area contributed by atoms with Crippen LogP contribution in [0.2, 0.25) is 5.02 Å². The van der Waals surface area contributed by atoms with Crippen LogP contribution in [0.15, 0.2) is 35.5 Å². The number of hydrogen-bond acceptors (Lipinski definition) is 5. The van der Waals surface area contributed by atoms with Crippen LogP contribution in [0, 0.1) is 0 Å². The number of hydrogen-bond donors (Lipinski definition) is 1. The number of benzene rings is 1. The van der Waals surface area contributed by atoms with E-state index in [0.717, 1.165) is 0 Å². The van der Waals surface area contributed by atoms with Crippen molar-refractivity contribution in [2.24, 2.45) is 4.99 Å². The number of halogens is 3. The van der Waals surface area contributed by atoms with Crippen LogP contribution in [0.5, 0.6) is 0 Å². The van der Waals surface area contributed by atoms with E-state index < -0.39 is 12.1 Å². The van der Waals surface area contributed by atoms with Crippen molar-refractivity contribution in [2.75, 3.05) is 7.11 Å². The smallest absolute Gasteiger partial charge is 0.283 e. The molecule has 0 spiro atoms. The fraction of sp³-hybridized carbons (Fsp3) is 0.214. The van der Waals surface area contributed by atoms with Gasteiger partial charge in [0.15, 0.2) is 0 Å². The van der Waals surface area contributed by atoms with Crippen LogP contribution in [0.3, 0.4) is 0 Å². The van der Waals surface area contributed by atoms with Crippen molar-refractivity contribution in [3.63, 3.8) is 0 Å². The van der Waals surface area contributed by atoms with Gasteiger partial charge in [0, 0.05) is 17.7 Å². The van der Waals surface area contributed by atoms with E-state index >= 15 is 0 Å². The highest BCUT2D eigenvalue weighted by atomic mass is 35.5. The van der Waals surface area contributed by atoms with E-state index in [2.05, 4.69) is 20.6 Å². The average molecular weight is 340 g/mol. The Morgan fingerprint density at radius 1 is 1.39 bits per heavy atom. The Morgan fingerprint density at radius 3 is 2.91 bits per heavy atom. The lowest BCUT2D eigenvalue weighted by molar-refractivity contribution is 0.130. The first-order valence-electron chi connectivity index (χ1n) is 6.62. The zero-order valence-electron chi connectivity index (χ0n) is 11.9. The average Bonchev–Trinajstić information content (AvgIpc) is 3.05. The highest BCUT2D eigenvalue weighted by Crippen LogP contribution is 2.28. The zero-order chi connectivity index (χ0) is 16.4. The Morgan fingerprint density at radius 2 is 2.22 bits per heavy atom. The highest BCUT2D eigenvalue weighted by Gasteiger charge is 2.18. The summed E-state index contributed by atoms with van der Waals surface area (Å²) in [4.78, 5) is 4.24. The van der Waals surface area contributed by atoms with Crippen molar-refractivity contribution in [3.05, 3.63) is 46.8 Å². The Hall–Kier alpha value is -2.32. The molecule has 3 rings (SSSR count). The van der Waals surface area contributed by atoms with E-state index in [1.54, 1.807) is 31.4 Å². The molecule has 1 aromatic heterocycles. The molecule has 1 N–H and O–H groups in total. The lowest BCUT2D eigenvalue weighted by atomic mass is 10.1. The number of aromatic nitrogens is 3. The van der Waals surface area contributed by atoms with Gasteiger partial charge in [-0.1, -0.05) is 16.8 Å². The summed E-state index contributed by atoms with van der Waals surface area (Å²) < 4.78 is 31.9. The van der Waals surface area contributed by atoms with Gasteiger partial charge in [-0.2, -0.15) is 0 Å². The van der Waals surface area contributed by atoms with Gasteiger partial charge in [-0.15, -0.1) is 5.10 Å². The van der Waals surface area contributed by atoms with Gasteiger partial charge in [0.25, 0.3) is 6.43 Å². The van der Waals surface area contributed by atoms with Gasteiger partial charge >= 0.3 is 0 Å². The summed E-state index contributed by atoms with van der Waals surface area (Å²) in [7, 11) is 1.55. The molecule has 0 saturated carbocycles. The predicted molar refractivity (Wildman–Crippen MR) is 81.7 cm³/mol. The van der Waals surface area contributed by atoms with Crippen LogP contribution >= 0.6 is 11.6 Å². The molecule has 1 aliphatic heterocycles. The minimum Gasteiger partial charge on any atom is -0.358 e. The van der Waals surface area contributed by atoms with Crippen LogP contribution in [0.1, 0.15) is 17.7 Å². The van der Waals surface area contributed by atoms with Gasteiger partial charge in [0.2, 0.25) is 0 Å². The molecular formula is C14H12ClF2N5O. The molecule has 9 heteroatoms. The van der Waals surface area contributed by atoms with E-state index in [1.165, 1.54) is 17.2 Å². The van der Waals surface area contributed by atoms with E-state index in [0.29, 0.717) is 22.0 Å². The topological polar surface area (TPSA) is 64.3 Å². The maximum Gasteiger partial charge on any atom is 0.283 e. The molecule has 0 bridgehead atoms. The van der Waals surface area contributed by atoms with Crippen LogP contribution in [0.25, 0.3) is 11.4 Å². The second-order valence-electron chi connectivity index (χ2n) is 4.68. The third-order valence-electron chi connectivity index (χ3n) is 3.22. The summed E-state index contributed by atoms with van der Waals surface area (Å²) in [6, 6.07) is 4.99. The minimum absolute atomic E-state index is 0.346. The summed E-state index contributed by atoms with van der Waals surface area (Å²) in [5.41, 5.74) is 1.35. The molecule has 2 heterocycles. The largest absolute Gasteiger partial charge is 0.358 e. The molecule has 0 radical (unpaired) electrons. The SMILES string of the molecule is COC1C=C(c2cc(Cl)ccc2-n2cc(C(F)F)nn2)N=CN1. The molecule has 2 aromatic rings. The number of alkyl halides is 2. The molecule has 0 amide bonds. The monoisotopic (exact) mass is 339 g/mol. The molecule has 6 nitrogen and oxygen atoms in total. The van der Waals surface area contributed by atoms with Crippen molar-refractivity contribution in [1.29, 1.82) is 0 Å². The van der Waals surface area contributed by atoms with Gasteiger partial charge in [-0.05, 0) is 24.3 Å². The molecule has 23 heavy (non-hydrogen) atoms. The number of methoxy groups -OCH3 is 1. The fourth-order valence-corrected chi connectivity index (χ4v) is 2.29. The van der Waals surface area contributed by atoms with Gasteiger partial charge in [-0.3, -0.25) is 0 Å². The number of nitrogens with one attached hydrogen (secondary N) is 1. The quantitative estimate of drug-likeness (QED) is 0.930. The van der Waals surface area contributed by atoms with Gasteiger partial charge in [-0.25, -0.2) is 18.5 Å². The Balaban J connectivity index is 2.08. The van der Waals surface area contributed by atoms with Gasteiger partial charge in [0.1, 0.15) is 11.9 Å². The zero-order valence-corrected chi connectivity index (χ0v) is 12.7. The van der Waals surface area contributed by atoms with E-state index in [4.69, 9.17) is 16.3 Å². The van der Waals surface area contributed by atoms with E-state index in [1.807, 2.05) is 0 Å². The molecule has 0 aliphatic carbocycles. The third-order valence-corrected chi connectivity index (χ3v) is 3.46. The molecule has 1 aliphatic rings. The summed E-state index contributed by atoms with van der Waals surface area (Å²) in [5.74, 6) is 0. The molecule has 0 fully saturated rings. The predicted octanol–water partition coefficient (Wildman–Crippen LogP) is 2.80. The first-order chi connectivity index (χ1) is 11.1. The summed E-state index contributed by atoms with van der Waals surface area (Å²) in [5, 5.41) is 10.6. The summed E-state index contributed by atoms with van der Waals surface area (Å²) in [6.07, 6.45) is 1.40. The second-order valence-corrected chi connectivity index (χ2v) is 5.12. The van der Waals surface area contributed by atoms with Crippen LogP contribution < -0.4 is 5.32 Å². The van der Waals surface area contributed by atoms with Crippen LogP contribution in [0.4, 0.5) is 8.78 Å². The van der Waals surface area contributed by atoms with Gasteiger partial charge in [0.05, 0.1) is 23.9 Å². The fourth-order valence-electron chi connectivity index (χ4n) is 2.12.